The number of hydrogen-bond donors (Lipinski definition) is 1. The second-order valence-corrected chi connectivity index (χ2v) is 7.19. The van der Waals surface area contributed by atoms with Crippen molar-refractivity contribution in [1.82, 2.24) is 19.7 Å². The second-order valence-electron chi connectivity index (χ2n) is 6.80. The maximum absolute atomic E-state index is 12.8. The lowest BCUT2D eigenvalue weighted by Gasteiger charge is -2.18. The van der Waals surface area contributed by atoms with Crippen molar-refractivity contribution in [3.05, 3.63) is 77.1 Å². The van der Waals surface area contributed by atoms with Gasteiger partial charge in [0, 0.05) is 19.2 Å². The van der Waals surface area contributed by atoms with Crippen molar-refractivity contribution < 1.29 is 9.53 Å². The monoisotopic (exact) mass is 408 g/mol. The van der Waals surface area contributed by atoms with E-state index >= 15 is 0 Å². The summed E-state index contributed by atoms with van der Waals surface area (Å²) in [5.41, 5.74) is 3.05. The zero-order valence-electron chi connectivity index (χ0n) is 16.6. The Bertz CT molecular complexity index is 1050. The lowest BCUT2D eigenvalue weighted by Crippen LogP contribution is -2.30. The molecule has 29 heavy (non-hydrogen) atoms. The van der Waals surface area contributed by atoms with Gasteiger partial charge >= 0.3 is 0 Å². The fraction of sp³-hybridized carbons (Fsp3) is 0.227. The van der Waals surface area contributed by atoms with Gasteiger partial charge in [0.1, 0.15) is 18.9 Å². The Morgan fingerprint density at radius 1 is 1.31 bits per heavy atom. The molecule has 0 spiro atoms. The van der Waals surface area contributed by atoms with Crippen molar-refractivity contribution in [3.8, 4) is 17.1 Å². The van der Waals surface area contributed by atoms with Gasteiger partial charge in [-0.25, -0.2) is 0 Å². The number of aromatic nitrogens is 3. The van der Waals surface area contributed by atoms with Gasteiger partial charge in [0.15, 0.2) is 10.6 Å². The number of aromatic amines is 1. The lowest BCUT2D eigenvalue weighted by atomic mass is 10.1. The van der Waals surface area contributed by atoms with Gasteiger partial charge in [0.2, 0.25) is 5.91 Å². The highest BCUT2D eigenvalue weighted by atomic mass is 32.1. The van der Waals surface area contributed by atoms with Gasteiger partial charge in [0.25, 0.3) is 0 Å². The Balaban J connectivity index is 1.69. The molecule has 0 radical (unpaired) electrons. The molecule has 0 saturated heterocycles. The van der Waals surface area contributed by atoms with Gasteiger partial charge < -0.3 is 9.64 Å². The summed E-state index contributed by atoms with van der Waals surface area (Å²) in [5.74, 6) is 1.38. The lowest BCUT2D eigenvalue weighted by molar-refractivity contribution is -0.131. The quantitative estimate of drug-likeness (QED) is 0.449. The van der Waals surface area contributed by atoms with Crippen molar-refractivity contribution in [1.29, 1.82) is 0 Å². The number of rotatable bonds is 8. The molecule has 7 heteroatoms. The molecule has 150 valence electrons. The fourth-order valence-corrected chi connectivity index (χ4v) is 3.13. The summed E-state index contributed by atoms with van der Waals surface area (Å²) < 4.78 is 7.64. The predicted molar refractivity (Wildman–Crippen MR) is 116 cm³/mol. The SMILES string of the molecule is C=CCOc1ccc(CN(C)C(=O)Cn2c(-c3cccc(C)c3)n[nH]c2=S)cc1. The normalized spacial score (nSPS) is 10.6. The number of benzene rings is 2. The number of likely N-dealkylation sites (N-methyl/N-ethyl adjacent to an activating group) is 1. The average molecular weight is 409 g/mol. The number of hydrogen-bond acceptors (Lipinski definition) is 4. The van der Waals surface area contributed by atoms with E-state index in [-0.39, 0.29) is 12.5 Å². The standard InChI is InChI=1S/C22H24N4O2S/c1-4-12-28-19-10-8-17(9-11-19)14-25(3)20(27)15-26-21(23-24-22(26)29)18-7-5-6-16(2)13-18/h4-11,13H,1,12,14-15H2,2-3H3,(H,24,29). The number of aryl methyl sites for hydroxylation is 1. The molecule has 0 fully saturated rings. The molecule has 0 bridgehead atoms. The van der Waals surface area contributed by atoms with Crippen LogP contribution in [0.3, 0.4) is 0 Å². The van der Waals surface area contributed by atoms with Crippen LogP contribution < -0.4 is 4.74 Å². The Labute approximate surface area is 175 Å². The molecule has 3 aromatic rings. The molecule has 2 aromatic carbocycles. The van der Waals surface area contributed by atoms with E-state index in [1.165, 1.54) is 0 Å². The molecule has 1 amide bonds. The molecule has 0 unspecified atom stereocenters. The van der Waals surface area contributed by atoms with E-state index in [1.807, 2.05) is 55.5 Å². The molecule has 6 nitrogen and oxygen atoms in total. The van der Waals surface area contributed by atoms with E-state index in [2.05, 4.69) is 16.8 Å². The topological polar surface area (TPSA) is 63.1 Å². The van der Waals surface area contributed by atoms with Crippen LogP contribution in [0, 0.1) is 11.7 Å². The number of nitrogens with one attached hydrogen (secondary N) is 1. The van der Waals surface area contributed by atoms with Crippen molar-refractivity contribution in [2.24, 2.45) is 0 Å². The van der Waals surface area contributed by atoms with Crippen LogP contribution in [0.2, 0.25) is 0 Å². The molecule has 1 heterocycles. The highest BCUT2D eigenvalue weighted by Gasteiger charge is 2.15. The number of ether oxygens (including phenoxy) is 1. The molecule has 0 aliphatic rings. The summed E-state index contributed by atoms with van der Waals surface area (Å²) in [6.45, 7) is 6.73. The highest BCUT2D eigenvalue weighted by Crippen LogP contribution is 2.19. The van der Waals surface area contributed by atoms with Gasteiger partial charge in [-0.2, -0.15) is 5.10 Å². The van der Waals surface area contributed by atoms with Gasteiger partial charge in [-0.1, -0.05) is 48.6 Å². The Hall–Kier alpha value is -3.19. The molecule has 1 N–H and O–H groups in total. The third-order valence-electron chi connectivity index (χ3n) is 4.46. The maximum atomic E-state index is 12.8. The summed E-state index contributed by atoms with van der Waals surface area (Å²) in [6, 6.07) is 15.6. The molecule has 0 saturated carbocycles. The number of H-pyrrole nitrogens is 1. The van der Waals surface area contributed by atoms with Crippen LogP contribution in [0.1, 0.15) is 11.1 Å². The zero-order valence-corrected chi connectivity index (χ0v) is 17.4. The number of carbonyl (C=O) groups is 1. The minimum Gasteiger partial charge on any atom is -0.490 e. The van der Waals surface area contributed by atoms with Crippen LogP contribution in [0.15, 0.2) is 61.2 Å². The Kier molecular flexibility index (Phi) is 6.61. The molecule has 0 aliphatic heterocycles. The smallest absolute Gasteiger partial charge is 0.242 e. The van der Waals surface area contributed by atoms with Gasteiger partial charge in [-0.05, 0) is 42.9 Å². The fourth-order valence-electron chi connectivity index (χ4n) is 2.93. The summed E-state index contributed by atoms with van der Waals surface area (Å²) >= 11 is 5.34. The van der Waals surface area contributed by atoms with E-state index in [0.29, 0.717) is 23.7 Å². The molecular formula is C22H24N4O2S. The van der Waals surface area contributed by atoms with Crippen LogP contribution in [0.25, 0.3) is 11.4 Å². The van der Waals surface area contributed by atoms with E-state index < -0.39 is 0 Å². The maximum Gasteiger partial charge on any atom is 0.242 e. The molecule has 0 atom stereocenters. The van der Waals surface area contributed by atoms with Gasteiger partial charge in [0.05, 0.1) is 0 Å². The zero-order chi connectivity index (χ0) is 20.8. The molecule has 3 rings (SSSR count). The Morgan fingerprint density at radius 2 is 2.07 bits per heavy atom. The average Bonchev–Trinajstić information content (AvgIpc) is 3.07. The second kappa shape index (κ2) is 9.34. The van der Waals surface area contributed by atoms with Crippen molar-refractivity contribution in [2.75, 3.05) is 13.7 Å². The Morgan fingerprint density at radius 3 is 2.76 bits per heavy atom. The number of amides is 1. The first kappa shape index (κ1) is 20.5. The van der Waals surface area contributed by atoms with Gasteiger partial charge in [-0.15, -0.1) is 0 Å². The largest absolute Gasteiger partial charge is 0.490 e. The molecule has 1 aromatic heterocycles. The van der Waals surface area contributed by atoms with Crippen molar-refractivity contribution >= 4 is 18.1 Å². The first-order valence-electron chi connectivity index (χ1n) is 9.27. The van der Waals surface area contributed by atoms with E-state index in [1.54, 1.807) is 22.6 Å². The van der Waals surface area contributed by atoms with Crippen molar-refractivity contribution in [3.63, 3.8) is 0 Å². The van der Waals surface area contributed by atoms with Crippen LogP contribution in [-0.2, 0) is 17.9 Å². The highest BCUT2D eigenvalue weighted by molar-refractivity contribution is 7.71. The van der Waals surface area contributed by atoms with Crippen LogP contribution >= 0.6 is 12.2 Å². The van der Waals surface area contributed by atoms with E-state index in [4.69, 9.17) is 17.0 Å². The summed E-state index contributed by atoms with van der Waals surface area (Å²) in [5, 5.41) is 7.11. The minimum absolute atomic E-state index is 0.0524. The first-order chi connectivity index (χ1) is 14.0. The van der Waals surface area contributed by atoms with Crippen LogP contribution in [0.4, 0.5) is 0 Å². The van der Waals surface area contributed by atoms with E-state index in [0.717, 1.165) is 22.4 Å². The summed E-state index contributed by atoms with van der Waals surface area (Å²) in [7, 11) is 1.78. The van der Waals surface area contributed by atoms with Crippen molar-refractivity contribution in [2.45, 2.75) is 20.0 Å². The summed E-state index contributed by atoms with van der Waals surface area (Å²) in [4.78, 5) is 14.5. The third kappa shape index (κ3) is 5.20. The first-order valence-corrected chi connectivity index (χ1v) is 9.67. The molecular weight excluding hydrogens is 384 g/mol. The van der Waals surface area contributed by atoms with E-state index in [9.17, 15) is 4.79 Å². The number of nitrogens with zero attached hydrogens (tertiary/aromatic N) is 3. The predicted octanol–water partition coefficient (Wildman–Crippen LogP) is 4.14. The van der Waals surface area contributed by atoms with Gasteiger partial charge in [-0.3, -0.25) is 14.5 Å². The minimum atomic E-state index is -0.0524. The van der Waals surface area contributed by atoms with Crippen LogP contribution in [0.5, 0.6) is 5.75 Å². The summed E-state index contributed by atoms with van der Waals surface area (Å²) in [6.07, 6.45) is 1.70. The molecule has 0 aliphatic carbocycles. The van der Waals surface area contributed by atoms with Crippen LogP contribution in [-0.4, -0.2) is 39.2 Å². The third-order valence-corrected chi connectivity index (χ3v) is 4.78. The number of carbonyl (C=O) groups excluding carboxylic acids is 1.